The SMILES string of the molecule is COc1ccc(COC[C@@H](O)CN(CC(C)C)CC(C)C)cc1OC. The van der Waals surface area contributed by atoms with Crippen LogP contribution in [0.2, 0.25) is 0 Å². The lowest BCUT2D eigenvalue weighted by Gasteiger charge is -2.28. The van der Waals surface area contributed by atoms with Gasteiger partial charge in [-0.15, -0.1) is 0 Å². The van der Waals surface area contributed by atoms with Crippen LogP contribution in [0.5, 0.6) is 11.5 Å². The first kappa shape index (κ1) is 21.7. The van der Waals surface area contributed by atoms with Gasteiger partial charge in [-0.25, -0.2) is 0 Å². The molecule has 1 aromatic rings. The molecule has 5 nitrogen and oxygen atoms in total. The molecule has 0 amide bonds. The summed E-state index contributed by atoms with van der Waals surface area (Å²) in [7, 11) is 3.23. The van der Waals surface area contributed by atoms with E-state index < -0.39 is 6.10 Å². The summed E-state index contributed by atoms with van der Waals surface area (Å²) in [5.74, 6) is 2.55. The Morgan fingerprint density at radius 3 is 2.04 bits per heavy atom. The zero-order valence-corrected chi connectivity index (χ0v) is 16.6. The molecule has 25 heavy (non-hydrogen) atoms. The van der Waals surface area contributed by atoms with Gasteiger partial charge in [-0.05, 0) is 29.5 Å². The summed E-state index contributed by atoms with van der Waals surface area (Å²) in [5.41, 5.74) is 0.992. The van der Waals surface area contributed by atoms with Crippen LogP contribution in [0.25, 0.3) is 0 Å². The average molecular weight is 354 g/mol. The summed E-state index contributed by atoms with van der Waals surface area (Å²) in [4.78, 5) is 2.32. The van der Waals surface area contributed by atoms with E-state index in [0.29, 0.717) is 43.1 Å². The lowest BCUT2D eigenvalue weighted by Crippen LogP contribution is -2.39. The van der Waals surface area contributed by atoms with E-state index in [0.717, 1.165) is 18.7 Å². The highest BCUT2D eigenvalue weighted by atomic mass is 16.5. The van der Waals surface area contributed by atoms with Crippen molar-refractivity contribution in [2.24, 2.45) is 11.8 Å². The second-order valence-electron chi connectivity index (χ2n) is 7.36. The molecule has 0 heterocycles. The molecular weight excluding hydrogens is 318 g/mol. The maximum absolute atomic E-state index is 10.3. The Morgan fingerprint density at radius 2 is 1.52 bits per heavy atom. The predicted molar refractivity (Wildman–Crippen MR) is 101 cm³/mol. The van der Waals surface area contributed by atoms with Gasteiger partial charge in [0.1, 0.15) is 0 Å². The van der Waals surface area contributed by atoms with Gasteiger partial charge in [0.15, 0.2) is 11.5 Å². The summed E-state index contributed by atoms with van der Waals surface area (Å²) in [6.45, 7) is 12.2. The summed E-state index contributed by atoms with van der Waals surface area (Å²) < 4.78 is 16.2. The number of aliphatic hydroxyl groups is 1. The zero-order valence-electron chi connectivity index (χ0n) is 16.6. The average Bonchev–Trinajstić information content (AvgIpc) is 2.53. The van der Waals surface area contributed by atoms with Gasteiger partial charge in [0.2, 0.25) is 0 Å². The summed E-state index contributed by atoms with van der Waals surface area (Å²) in [6.07, 6.45) is -0.488. The molecule has 144 valence electrons. The van der Waals surface area contributed by atoms with Crippen LogP contribution >= 0.6 is 0 Å². The van der Waals surface area contributed by atoms with Gasteiger partial charge in [0, 0.05) is 19.6 Å². The molecule has 0 aliphatic heterocycles. The van der Waals surface area contributed by atoms with E-state index in [9.17, 15) is 5.11 Å². The lowest BCUT2D eigenvalue weighted by molar-refractivity contribution is 0.00639. The number of methoxy groups -OCH3 is 2. The molecule has 0 aliphatic rings. The molecule has 0 spiro atoms. The van der Waals surface area contributed by atoms with Gasteiger partial charge in [0.05, 0.1) is 33.5 Å². The van der Waals surface area contributed by atoms with Crippen LogP contribution in [0.15, 0.2) is 18.2 Å². The fraction of sp³-hybridized carbons (Fsp3) is 0.700. The third kappa shape index (κ3) is 8.56. The molecule has 1 atom stereocenters. The quantitative estimate of drug-likeness (QED) is 0.625. The fourth-order valence-electron chi connectivity index (χ4n) is 2.89. The molecule has 0 fully saturated rings. The Kier molecular flexibility index (Phi) is 9.86. The van der Waals surface area contributed by atoms with Gasteiger partial charge in [-0.2, -0.15) is 0 Å². The van der Waals surface area contributed by atoms with E-state index in [1.54, 1.807) is 14.2 Å². The van der Waals surface area contributed by atoms with Crippen LogP contribution in [0.4, 0.5) is 0 Å². The Balaban J connectivity index is 2.46. The lowest BCUT2D eigenvalue weighted by atomic mass is 10.1. The minimum Gasteiger partial charge on any atom is -0.493 e. The van der Waals surface area contributed by atoms with Crippen molar-refractivity contribution in [1.29, 1.82) is 0 Å². The van der Waals surface area contributed by atoms with Crippen LogP contribution in [-0.2, 0) is 11.3 Å². The topological polar surface area (TPSA) is 51.2 Å². The van der Waals surface area contributed by atoms with Gasteiger partial charge < -0.3 is 24.2 Å². The van der Waals surface area contributed by atoms with Crippen molar-refractivity contribution in [3.8, 4) is 11.5 Å². The predicted octanol–water partition coefficient (Wildman–Crippen LogP) is 3.20. The Bertz CT molecular complexity index is 481. The van der Waals surface area contributed by atoms with E-state index in [1.807, 2.05) is 18.2 Å². The first-order valence-electron chi connectivity index (χ1n) is 9.04. The third-order valence-electron chi connectivity index (χ3n) is 3.74. The Labute approximate surface area is 152 Å². The van der Waals surface area contributed by atoms with E-state index in [4.69, 9.17) is 14.2 Å². The molecular formula is C20H35NO4. The van der Waals surface area contributed by atoms with Crippen molar-refractivity contribution in [1.82, 2.24) is 4.90 Å². The number of hydrogen-bond donors (Lipinski definition) is 1. The second-order valence-corrected chi connectivity index (χ2v) is 7.36. The molecule has 1 N–H and O–H groups in total. The molecule has 0 unspecified atom stereocenters. The van der Waals surface area contributed by atoms with Crippen molar-refractivity contribution in [3.05, 3.63) is 23.8 Å². The second kappa shape index (κ2) is 11.3. The fourth-order valence-corrected chi connectivity index (χ4v) is 2.89. The highest BCUT2D eigenvalue weighted by Crippen LogP contribution is 2.27. The molecule has 5 heteroatoms. The van der Waals surface area contributed by atoms with Gasteiger partial charge in [0.25, 0.3) is 0 Å². The molecule has 1 aromatic carbocycles. The van der Waals surface area contributed by atoms with Crippen molar-refractivity contribution >= 4 is 0 Å². The first-order valence-corrected chi connectivity index (χ1v) is 9.04. The van der Waals surface area contributed by atoms with Crippen LogP contribution in [0, 0.1) is 11.8 Å². The third-order valence-corrected chi connectivity index (χ3v) is 3.74. The Hall–Kier alpha value is -1.30. The zero-order chi connectivity index (χ0) is 18.8. The molecule has 0 saturated carbocycles. The van der Waals surface area contributed by atoms with Crippen molar-refractivity contribution < 1.29 is 19.3 Å². The number of ether oxygens (including phenoxy) is 3. The number of aliphatic hydroxyl groups excluding tert-OH is 1. The van der Waals surface area contributed by atoms with Crippen molar-refractivity contribution in [2.75, 3.05) is 40.5 Å². The van der Waals surface area contributed by atoms with Gasteiger partial charge >= 0.3 is 0 Å². The highest BCUT2D eigenvalue weighted by Gasteiger charge is 2.15. The summed E-state index contributed by atoms with van der Waals surface area (Å²) in [5, 5.41) is 10.3. The molecule has 0 radical (unpaired) electrons. The molecule has 0 aromatic heterocycles. The van der Waals surface area contributed by atoms with E-state index in [1.165, 1.54) is 0 Å². The largest absolute Gasteiger partial charge is 0.493 e. The van der Waals surface area contributed by atoms with E-state index in [-0.39, 0.29) is 0 Å². The number of hydrogen-bond acceptors (Lipinski definition) is 5. The van der Waals surface area contributed by atoms with Crippen LogP contribution in [0.3, 0.4) is 0 Å². The van der Waals surface area contributed by atoms with Crippen molar-refractivity contribution in [2.45, 2.75) is 40.4 Å². The molecule has 0 saturated heterocycles. The highest BCUT2D eigenvalue weighted by molar-refractivity contribution is 5.42. The summed E-state index contributed by atoms with van der Waals surface area (Å²) >= 11 is 0. The number of benzene rings is 1. The van der Waals surface area contributed by atoms with Gasteiger partial charge in [-0.3, -0.25) is 0 Å². The monoisotopic (exact) mass is 353 g/mol. The van der Waals surface area contributed by atoms with E-state index in [2.05, 4.69) is 32.6 Å². The molecule has 0 bridgehead atoms. The van der Waals surface area contributed by atoms with Crippen LogP contribution in [0.1, 0.15) is 33.3 Å². The number of nitrogens with zero attached hydrogens (tertiary/aromatic N) is 1. The van der Waals surface area contributed by atoms with E-state index >= 15 is 0 Å². The molecule has 0 aliphatic carbocycles. The van der Waals surface area contributed by atoms with Crippen molar-refractivity contribution in [3.63, 3.8) is 0 Å². The van der Waals surface area contributed by atoms with Gasteiger partial charge in [-0.1, -0.05) is 33.8 Å². The normalized spacial score (nSPS) is 12.9. The maximum atomic E-state index is 10.3. The molecule has 1 rings (SSSR count). The standard InChI is InChI=1S/C20H35NO4/c1-15(2)10-21(11-16(3)4)12-18(22)14-25-13-17-7-8-19(23-5)20(9-17)24-6/h7-9,15-16,18,22H,10-14H2,1-6H3/t18-/m0/s1. The van der Waals surface area contributed by atoms with Crippen LogP contribution in [-0.4, -0.2) is 56.6 Å². The number of rotatable bonds is 12. The maximum Gasteiger partial charge on any atom is 0.161 e. The minimum atomic E-state index is -0.488. The van der Waals surface area contributed by atoms with Crippen LogP contribution < -0.4 is 9.47 Å². The smallest absolute Gasteiger partial charge is 0.161 e. The summed E-state index contributed by atoms with van der Waals surface area (Å²) in [6, 6.07) is 5.70. The minimum absolute atomic E-state index is 0.320. The first-order chi connectivity index (χ1) is 11.8. The Morgan fingerprint density at radius 1 is 0.920 bits per heavy atom.